The molecule has 6 heteroatoms. The molecule has 150 valence electrons. The van der Waals surface area contributed by atoms with Gasteiger partial charge in [0.15, 0.2) is 0 Å². The first kappa shape index (κ1) is 20.7. The van der Waals surface area contributed by atoms with Crippen molar-refractivity contribution in [3.8, 4) is 0 Å². The van der Waals surface area contributed by atoms with Gasteiger partial charge in [0.25, 0.3) is 0 Å². The smallest absolute Gasteiger partial charge is 0.223 e. The summed E-state index contributed by atoms with van der Waals surface area (Å²) in [4.78, 5) is 17.5. The summed E-state index contributed by atoms with van der Waals surface area (Å²) in [6.07, 6.45) is 6.85. The van der Waals surface area contributed by atoms with Gasteiger partial charge in [0, 0.05) is 18.2 Å². The maximum atomic E-state index is 13.8. The minimum absolute atomic E-state index is 0. The molecule has 1 amide bonds. The fourth-order valence-electron chi connectivity index (χ4n) is 4.82. The van der Waals surface area contributed by atoms with Crippen molar-refractivity contribution < 1.29 is 9.18 Å². The highest BCUT2D eigenvalue weighted by atomic mass is 35.5. The number of nitrogens with one attached hydrogen (secondary N) is 1. The molecule has 0 aliphatic heterocycles. The van der Waals surface area contributed by atoms with Crippen LogP contribution < -0.4 is 11.1 Å². The molecular formula is C22H27ClFN3O. The minimum atomic E-state index is -0.454. The fraction of sp³-hybridized carbons (Fsp3) is 0.455. The van der Waals surface area contributed by atoms with Gasteiger partial charge in [-0.2, -0.15) is 0 Å². The number of rotatable bonds is 4. The highest BCUT2D eigenvalue weighted by molar-refractivity contribution is 5.85. The van der Waals surface area contributed by atoms with Gasteiger partial charge in [-0.15, -0.1) is 12.4 Å². The molecule has 3 atom stereocenters. The van der Waals surface area contributed by atoms with E-state index in [1.807, 2.05) is 24.3 Å². The molecule has 28 heavy (non-hydrogen) atoms. The van der Waals surface area contributed by atoms with Crippen LogP contribution in [0.5, 0.6) is 0 Å². The molecule has 3 unspecified atom stereocenters. The maximum absolute atomic E-state index is 13.8. The number of benzene rings is 1. The highest BCUT2D eigenvalue weighted by Crippen LogP contribution is 2.42. The predicted octanol–water partition coefficient (Wildman–Crippen LogP) is 4.00. The summed E-state index contributed by atoms with van der Waals surface area (Å²) in [5.41, 5.74) is 7.78. The maximum Gasteiger partial charge on any atom is 0.223 e. The van der Waals surface area contributed by atoms with Crippen molar-refractivity contribution in [1.82, 2.24) is 10.3 Å². The number of carbonyl (C=O) groups excluding carboxylic acids is 1. The van der Waals surface area contributed by atoms with Gasteiger partial charge in [0.1, 0.15) is 5.82 Å². The van der Waals surface area contributed by atoms with Crippen molar-refractivity contribution in [3.05, 3.63) is 65.7 Å². The predicted molar refractivity (Wildman–Crippen MR) is 109 cm³/mol. The van der Waals surface area contributed by atoms with Crippen LogP contribution in [0.2, 0.25) is 0 Å². The van der Waals surface area contributed by atoms with Crippen molar-refractivity contribution in [2.75, 3.05) is 0 Å². The van der Waals surface area contributed by atoms with Crippen molar-refractivity contribution in [2.24, 2.45) is 23.5 Å². The summed E-state index contributed by atoms with van der Waals surface area (Å²) in [7, 11) is 0. The topological polar surface area (TPSA) is 68.0 Å². The second-order valence-electron chi connectivity index (χ2n) is 7.95. The van der Waals surface area contributed by atoms with Crippen LogP contribution in [0, 0.1) is 23.6 Å². The molecule has 4 rings (SSSR count). The second-order valence-corrected chi connectivity index (χ2v) is 7.95. The van der Waals surface area contributed by atoms with E-state index in [4.69, 9.17) is 5.73 Å². The van der Waals surface area contributed by atoms with Crippen molar-refractivity contribution in [2.45, 2.75) is 44.2 Å². The summed E-state index contributed by atoms with van der Waals surface area (Å²) in [6.45, 7) is 0. The molecule has 2 aliphatic rings. The lowest BCUT2D eigenvalue weighted by atomic mass is 9.65. The van der Waals surface area contributed by atoms with Gasteiger partial charge >= 0.3 is 0 Å². The number of amides is 1. The van der Waals surface area contributed by atoms with Crippen LogP contribution in [0.15, 0.2) is 48.7 Å². The van der Waals surface area contributed by atoms with Crippen molar-refractivity contribution in [3.63, 3.8) is 0 Å². The molecule has 0 spiro atoms. The van der Waals surface area contributed by atoms with Gasteiger partial charge in [-0.3, -0.25) is 9.78 Å². The van der Waals surface area contributed by atoms with E-state index in [2.05, 4.69) is 10.3 Å². The molecule has 0 radical (unpaired) electrons. The zero-order valence-corrected chi connectivity index (χ0v) is 16.6. The molecule has 2 aliphatic carbocycles. The lowest BCUT2D eigenvalue weighted by Gasteiger charge is -2.43. The Morgan fingerprint density at radius 2 is 1.89 bits per heavy atom. The van der Waals surface area contributed by atoms with Gasteiger partial charge < -0.3 is 11.1 Å². The van der Waals surface area contributed by atoms with E-state index in [9.17, 15) is 9.18 Å². The van der Waals surface area contributed by atoms with Crippen molar-refractivity contribution in [1.29, 1.82) is 0 Å². The van der Waals surface area contributed by atoms with E-state index in [1.54, 1.807) is 12.3 Å². The minimum Gasteiger partial charge on any atom is -0.343 e. The Hall–Kier alpha value is -1.98. The van der Waals surface area contributed by atoms with E-state index in [0.29, 0.717) is 23.1 Å². The van der Waals surface area contributed by atoms with Crippen LogP contribution in [0.4, 0.5) is 4.39 Å². The van der Waals surface area contributed by atoms with Crippen LogP contribution in [-0.4, -0.2) is 16.9 Å². The van der Waals surface area contributed by atoms with Crippen LogP contribution >= 0.6 is 12.4 Å². The van der Waals surface area contributed by atoms with Gasteiger partial charge in [-0.25, -0.2) is 4.39 Å². The standard InChI is InChI=1S/C22H26FN3O.ClH/c23-18-8-4-7-16(13-18)21(19-9-1-2-10-25-19)26-22(27)17-11-14-5-3-6-15(12-17)20(14)24;/h1-2,4,7-10,13-15,17,20-21H,3,5-6,11-12,24H2,(H,26,27);1H. The molecule has 2 bridgehead atoms. The normalized spacial score (nSPS) is 27.4. The first-order valence-electron chi connectivity index (χ1n) is 9.84. The van der Waals surface area contributed by atoms with Gasteiger partial charge in [0.05, 0.1) is 11.7 Å². The number of pyridine rings is 1. The van der Waals surface area contributed by atoms with Crippen LogP contribution in [0.3, 0.4) is 0 Å². The SMILES string of the molecule is Cl.NC1C2CCCC1CC(C(=O)NC(c1cccc(F)c1)c1ccccn1)C2. The van der Waals surface area contributed by atoms with Crippen molar-refractivity contribution >= 4 is 18.3 Å². The molecule has 1 heterocycles. The summed E-state index contributed by atoms with van der Waals surface area (Å²) >= 11 is 0. The molecule has 2 saturated carbocycles. The molecule has 1 aromatic carbocycles. The Balaban J connectivity index is 0.00000225. The fourth-order valence-corrected chi connectivity index (χ4v) is 4.82. The quantitative estimate of drug-likeness (QED) is 0.810. The van der Waals surface area contributed by atoms with Gasteiger partial charge in [-0.1, -0.05) is 24.6 Å². The van der Waals surface area contributed by atoms with E-state index in [-0.39, 0.29) is 36.1 Å². The number of aromatic nitrogens is 1. The lowest BCUT2D eigenvalue weighted by molar-refractivity contribution is -0.128. The summed E-state index contributed by atoms with van der Waals surface area (Å²) in [5.74, 6) is 0.561. The van der Waals surface area contributed by atoms with E-state index < -0.39 is 6.04 Å². The number of halogens is 2. The molecule has 2 aromatic rings. The number of nitrogens with zero attached hydrogens (tertiary/aromatic N) is 1. The van der Waals surface area contributed by atoms with Crippen LogP contribution in [0.1, 0.15) is 49.4 Å². The number of fused-ring (bicyclic) bond motifs is 2. The number of hydrogen-bond donors (Lipinski definition) is 2. The largest absolute Gasteiger partial charge is 0.343 e. The zero-order chi connectivity index (χ0) is 18.8. The summed E-state index contributed by atoms with van der Waals surface area (Å²) in [6, 6.07) is 11.7. The Labute approximate surface area is 171 Å². The van der Waals surface area contributed by atoms with E-state index >= 15 is 0 Å². The van der Waals surface area contributed by atoms with Crippen LogP contribution in [0.25, 0.3) is 0 Å². The Morgan fingerprint density at radius 3 is 2.54 bits per heavy atom. The van der Waals surface area contributed by atoms with E-state index in [1.165, 1.54) is 18.6 Å². The van der Waals surface area contributed by atoms with E-state index in [0.717, 1.165) is 25.7 Å². The molecule has 4 nitrogen and oxygen atoms in total. The first-order chi connectivity index (χ1) is 13.1. The molecule has 0 saturated heterocycles. The average molecular weight is 404 g/mol. The molecule has 1 aromatic heterocycles. The molecule has 3 N–H and O–H groups in total. The summed E-state index contributed by atoms with van der Waals surface area (Å²) in [5, 5.41) is 3.14. The number of carbonyl (C=O) groups is 1. The third-order valence-electron chi connectivity index (χ3n) is 6.24. The third-order valence-corrected chi connectivity index (χ3v) is 6.24. The van der Waals surface area contributed by atoms with Gasteiger partial charge in [-0.05, 0) is 67.3 Å². The lowest BCUT2D eigenvalue weighted by Crippen LogP contribution is -2.49. The first-order valence-corrected chi connectivity index (χ1v) is 9.84. The Kier molecular flexibility index (Phi) is 6.68. The molecular weight excluding hydrogens is 377 g/mol. The third kappa shape index (κ3) is 4.36. The average Bonchev–Trinajstić information content (AvgIpc) is 2.66. The Bertz CT molecular complexity index is 789. The zero-order valence-electron chi connectivity index (χ0n) is 15.8. The van der Waals surface area contributed by atoms with Crippen LogP contribution in [-0.2, 0) is 4.79 Å². The number of hydrogen-bond acceptors (Lipinski definition) is 3. The highest BCUT2D eigenvalue weighted by Gasteiger charge is 2.41. The molecule has 2 fully saturated rings. The number of nitrogens with two attached hydrogens (primary N) is 1. The monoisotopic (exact) mass is 403 g/mol. The summed E-state index contributed by atoms with van der Waals surface area (Å²) < 4.78 is 13.8. The second kappa shape index (κ2) is 9.01. The Morgan fingerprint density at radius 1 is 1.14 bits per heavy atom. The van der Waals surface area contributed by atoms with Gasteiger partial charge in [0.2, 0.25) is 5.91 Å².